The highest BCUT2D eigenvalue weighted by molar-refractivity contribution is 5.08. The maximum atomic E-state index is 4.60. The summed E-state index contributed by atoms with van der Waals surface area (Å²) in [5.41, 5.74) is 2.11. The van der Waals surface area contributed by atoms with Gasteiger partial charge in [0, 0.05) is 6.20 Å². The number of aryl methyl sites for hydroxylation is 1. The molecular weight excluding hydrogens is 234 g/mol. The molecule has 3 nitrogen and oxygen atoms in total. The predicted octanol–water partition coefficient (Wildman–Crippen LogP) is 3.65. The average Bonchev–Trinajstić information content (AvgIpc) is 2.46. The molecule has 2 rings (SSSR count). The molecular formula is C16H27N3. The van der Waals surface area contributed by atoms with Crippen molar-refractivity contribution in [2.45, 2.75) is 58.9 Å². The first kappa shape index (κ1) is 14.4. The van der Waals surface area contributed by atoms with Gasteiger partial charge in [0.25, 0.3) is 0 Å². The molecule has 1 heterocycles. The van der Waals surface area contributed by atoms with Crippen LogP contribution in [0, 0.1) is 18.8 Å². The number of rotatable bonds is 5. The van der Waals surface area contributed by atoms with E-state index in [1.54, 1.807) is 0 Å². The number of aromatic nitrogens is 2. The Morgan fingerprint density at radius 1 is 1.26 bits per heavy atom. The maximum Gasteiger partial charge on any atom is 0.0759 e. The molecule has 0 aliphatic heterocycles. The molecule has 0 spiro atoms. The van der Waals surface area contributed by atoms with Crippen LogP contribution in [0.4, 0.5) is 0 Å². The van der Waals surface area contributed by atoms with E-state index in [4.69, 9.17) is 0 Å². The zero-order chi connectivity index (χ0) is 13.7. The Morgan fingerprint density at radius 3 is 2.74 bits per heavy atom. The minimum atomic E-state index is 0.382. The van der Waals surface area contributed by atoms with Crippen molar-refractivity contribution in [3.63, 3.8) is 0 Å². The Bertz CT molecular complexity index is 374. The second-order valence-corrected chi connectivity index (χ2v) is 5.82. The van der Waals surface area contributed by atoms with Gasteiger partial charge in [-0.05, 0) is 38.1 Å². The summed E-state index contributed by atoms with van der Waals surface area (Å²) < 4.78 is 0. The van der Waals surface area contributed by atoms with Crippen LogP contribution in [-0.4, -0.2) is 16.5 Å². The van der Waals surface area contributed by atoms with Crippen molar-refractivity contribution >= 4 is 0 Å². The molecule has 1 saturated carbocycles. The van der Waals surface area contributed by atoms with Gasteiger partial charge >= 0.3 is 0 Å². The summed E-state index contributed by atoms with van der Waals surface area (Å²) in [6, 6.07) is 0.382. The zero-order valence-electron chi connectivity index (χ0n) is 12.5. The van der Waals surface area contributed by atoms with E-state index in [1.807, 2.05) is 19.3 Å². The van der Waals surface area contributed by atoms with Crippen LogP contribution in [0.3, 0.4) is 0 Å². The van der Waals surface area contributed by atoms with Crippen LogP contribution in [-0.2, 0) is 0 Å². The fraction of sp³-hybridized carbons (Fsp3) is 0.750. The lowest BCUT2D eigenvalue weighted by atomic mass is 9.76. The molecule has 3 unspecified atom stereocenters. The third-order valence-corrected chi connectivity index (χ3v) is 4.42. The van der Waals surface area contributed by atoms with Crippen molar-refractivity contribution in [1.82, 2.24) is 15.3 Å². The molecule has 3 heteroatoms. The van der Waals surface area contributed by atoms with Gasteiger partial charge in [-0.2, -0.15) is 0 Å². The van der Waals surface area contributed by atoms with Gasteiger partial charge in [-0.1, -0.05) is 33.1 Å². The number of hydrogen-bond acceptors (Lipinski definition) is 3. The van der Waals surface area contributed by atoms with Crippen molar-refractivity contribution in [3.05, 3.63) is 23.8 Å². The third kappa shape index (κ3) is 3.75. The SMILES string of the molecule is CCNC(c1cnc(C)cn1)C1CCCC(CC)C1. The van der Waals surface area contributed by atoms with Crippen LogP contribution in [0.1, 0.15) is 63.4 Å². The van der Waals surface area contributed by atoms with Gasteiger partial charge in [-0.15, -0.1) is 0 Å². The smallest absolute Gasteiger partial charge is 0.0759 e. The zero-order valence-corrected chi connectivity index (χ0v) is 12.5. The van der Waals surface area contributed by atoms with E-state index in [2.05, 4.69) is 29.1 Å². The lowest BCUT2D eigenvalue weighted by molar-refractivity contribution is 0.208. The first-order valence-electron chi connectivity index (χ1n) is 7.76. The fourth-order valence-electron chi connectivity index (χ4n) is 3.30. The number of nitrogens with one attached hydrogen (secondary N) is 1. The second kappa shape index (κ2) is 6.99. The minimum Gasteiger partial charge on any atom is -0.309 e. The van der Waals surface area contributed by atoms with Crippen LogP contribution in [0.5, 0.6) is 0 Å². The summed E-state index contributed by atoms with van der Waals surface area (Å²) in [5, 5.41) is 3.63. The molecule has 3 atom stereocenters. The average molecular weight is 261 g/mol. The maximum absolute atomic E-state index is 4.60. The lowest BCUT2D eigenvalue weighted by Gasteiger charge is -2.34. The Kier molecular flexibility index (Phi) is 5.32. The Labute approximate surface area is 117 Å². The van der Waals surface area contributed by atoms with Crippen LogP contribution in [0.2, 0.25) is 0 Å². The Balaban J connectivity index is 2.12. The molecule has 1 aromatic rings. The molecule has 1 aliphatic rings. The summed E-state index contributed by atoms with van der Waals surface area (Å²) in [4.78, 5) is 9.01. The second-order valence-electron chi connectivity index (χ2n) is 5.82. The normalized spacial score (nSPS) is 25.2. The van der Waals surface area contributed by atoms with Gasteiger partial charge in [0.2, 0.25) is 0 Å². The topological polar surface area (TPSA) is 37.8 Å². The van der Waals surface area contributed by atoms with Gasteiger partial charge < -0.3 is 5.32 Å². The van der Waals surface area contributed by atoms with Crippen molar-refractivity contribution in [1.29, 1.82) is 0 Å². The first-order chi connectivity index (χ1) is 9.24. The molecule has 0 radical (unpaired) electrons. The van der Waals surface area contributed by atoms with Crippen molar-refractivity contribution in [2.75, 3.05) is 6.54 Å². The van der Waals surface area contributed by atoms with E-state index >= 15 is 0 Å². The van der Waals surface area contributed by atoms with Gasteiger partial charge in [-0.3, -0.25) is 9.97 Å². The number of nitrogens with zero attached hydrogens (tertiary/aromatic N) is 2. The standard InChI is InChI=1S/C16H27N3/c1-4-13-7-6-8-14(9-13)16(17-5-2)15-11-18-12(3)10-19-15/h10-11,13-14,16-17H,4-9H2,1-3H3. The van der Waals surface area contributed by atoms with E-state index in [0.29, 0.717) is 6.04 Å². The molecule has 0 saturated heterocycles. The largest absolute Gasteiger partial charge is 0.309 e. The fourth-order valence-corrected chi connectivity index (χ4v) is 3.30. The highest BCUT2D eigenvalue weighted by Crippen LogP contribution is 2.37. The van der Waals surface area contributed by atoms with E-state index < -0.39 is 0 Å². The Hall–Kier alpha value is -0.960. The molecule has 1 fully saturated rings. The first-order valence-corrected chi connectivity index (χ1v) is 7.76. The molecule has 0 bridgehead atoms. The van der Waals surface area contributed by atoms with Crippen molar-refractivity contribution < 1.29 is 0 Å². The van der Waals surface area contributed by atoms with E-state index in [1.165, 1.54) is 32.1 Å². The molecule has 1 aromatic heterocycles. The number of hydrogen-bond donors (Lipinski definition) is 1. The monoisotopic (exact) mass is 261 g/mol. The molecule has 19 heavy (non-hydrogen) atoms. The van der Waals surface area contributed by atoms with Crippen LogP contribution in [0.25, 0.3) is 0 Å². The quantitative estimate of drug-likeness (QED) is 0.879. The van der Waals surface area contributed by atoms with Crippen molar-refractivity contribution in [2.24, 2.45) is 11.8 Å². The summed E-state index contributed by atoms with van der Waals surface area (Å²) in [6.45, 7) is 7.48. The van der Waals surface area contributed by atoms with Crippen LogP contribution < -0.4 is 5.32 Å². The Morgan fingerprint density at radius 2 is 2.11 bits per heavy atom. The van der Waals surface area contributed by atoms with Crippen LogP contribution in [0.15, 0.2) is 12.4 Å². The molecule has 106 valence electrons. The molecule has 0 amide bonds. The lowest BCUT2D eigenvalue weighted by Crippen LogP contribution is -2.32. The summed E-state index contributed by atoms with van der Waals surface area (Å²) >= 11 is 0. The highest BCUT2D eigenvalue weighted by atomic mass is 15.0. The van der Waals surface area contributed by atoms with E-state index in [-0.39, 0.29) is 0 Å². The van der Waals surface area contributed by atoms with Gasteiger partial charge in [0.1, 0.15) is 0 Å². The van der Waals surface area contributed by atoms with Crippen molar-refractivity contribution in [3.8, 4) is 0 Å². The molecule has 1 aliphatic carbocycles. The van der Waals surface area contributed by atoms with Crippen LogP contribution >= 0.6 is 0 Å². The predicted molar refractivity (Wildman–Crippen MR) is 78.9 cm³/mol. The van der Waals surface area contributed by atoms with E-state index in [0.717, 1.165) is 29.8 Å². The summed E-state index contributed by atoms with van der Waals surface area (Å²) in [6.07, 6.45) is 10.6. The summed E-state index contributed by atoms with van der Waals surface area (Å²) in [7, 11) is 0. The highest BCUT2D eigenvalue weighted by Gasteiger charge is 2.29. The molecule has 0 aromatic carbocycles. The third-order valence-electron chi connectivity index (χ3n) is 4.42. The van der Waals surface area contributed by atoms with Gasteiger partial charge in [-0.25, -0.2) is 0 Å². The van der Waals surface area contributed by atoms with Gasteiger partial charge in [0.15, 0.2) is 0 Å². The minimum absolute atomic E-state index is 0.382. The van der Waals surface area contributed by atoms with E-state index in [9.17, 15) is 0 Å². The summed E-state index contributed by atoms with van der Waals surface area (Å²) in [5.74, 6) is 1.62. The van der Waals surface area contributed by atoms with Gasteiger partial charge in [0.05, 0.1) is 23.6 Å². The molecule has 1 N–H and O–H groups in total.